The van der Waals surface area contributed by atoms with Gasteiger partial charge in [0.25, 0.3) is 5.91 Å². The maximum Gasteiger partial charge on any atom is 0.257 e. The first-order chi connectivity index (χ1) is 15.5. The Morgan fingerprint density at radius 1 is 1.16 bits per heavy atom. The van der Waals surface area contributed by atoms with Crippen LogP contribution < -0.4 is 4.90 Å². The van der Waals surface area contributed by atoms with Crippen LogP contribution in [0.1, 0.15) is 30.4 Å². The zero-order chi connectivity index (χ0) is 22.7. The Hall–Kier alpha value is -3.21. The summed E-state index contributed by atoms with van der Waals surface area (Å²) in [6.07, 6.45) is 1.56. The number of hydrogen-bond acceptors (Lipinski definition) is 5. The van der Waals surface area contributed by atoms with Crippen molar-refractivity contribution in [2.45, 2.75) is 37.8 Å². The van der Waals surface area contributed by atoms with E-state index in [0.29, 0.717) is 22.9 Å². The number of amides is 3. The molecule has 164 valence electrons. The van der Waals surface area contributed by atoms with Gasteiger partial charge in [0.1, 0.15) is 6.04 Å². The zero-order valence-corrected chi connectivity index (χ0v) is 18.1. The Morgan fingerprint density at radius 3 is 2.50 bits per heavy atom. The van der Waals surface area contributed by atoms with Gasteiger partial charge in [0.05, 0.1) is 36.3 Å². The highest BCUT2D eigenvalue weighted by molar-refractivity contribution is 6.30. The van der Waals surface area contributed by atoms with Crippen LogP contribution in [0.5, 0.6) is 0 Å². The molecule has 2 aromatic rings. The number of nitriles is 1. The molecule has 2 heterocycles. The van der Waals surface area contributed by atoms with Crippen LogP contribution in [0.25, 0.3) is 0 Å². The van der Waals surface area contributed by atoms with Crippen molar-refractivity contribution in [3.8, 4) is 6.07 Å². The van der Waals surface area contributed by atoms with E-state index >= 15 is 0 Å². The maximum absolute atomic E-state index is 13.3. The summed E-state index contributed by atoms with van der Waals surface area (Å²) in [5.41, 5.74) is 1.60. The smallest absolute Gasteiger partial charge is 0.257 e. The molecule has 0 N–H and O–H groups in total. The number of carbonyl (C=O) groups excluding carboxylic acids is 3. The Bertz CT molecular complexity index is 1060. The highest BCUT2D eigenvalue weighted by atomic mass is 35.5. The third-order valence-electron chi connectivity index (χ3n) is 5.77. The molecule has 0 bridgehead atoms. The first-order valence-corrected chi connectivity index (χ1v) is 10.9. The molecular formula is C24H22ClN3O4. The van der Waals surface area contributed by atoms with Crippen LogP contribution in [0.15, 0.2) is 48.5 Å². The first kappa shape index (κ1) is 22.0. The van der Waals surface area contributed by atoms with Gasteiger partial charge in [-0.15, -0.1) is 0 Å². The number of halogens is 1. The first-order valence-electron chi connectivity index (χ1n) is 10.5. The third-order valence-corrected chi connectivity index (χ3v) is 6.02. The van der Waals surface area contributed by atoms with E-state index in [4.69, 9.17) is 21.6 Å². The normalized spacial score (nSPS) is 20.4. The van der Waals surface area contributed by atoms with Crippen LogP contribution in [-0.2, 0) is 25.5 Å². The van der Waals surface area contributed by atoms with Gasteiger partial charge in [-0.05, 0) is 54.8 Å². The summed E-state index contributed by atoms with van der Waals surface area (Å²) >= 11 is 5.94. The van der Waals surface area contributed by atoms with E-state index in [1.165, 1.54) is 4.90 Å². The molecule has 2 fully saturated rings. The number of carbonyl (C=O) groups is 3. The van der Waals surface area contributed by atoms with E-state index in [0.717, 1.165) is 23.3 Å². The van der Waals surface area contributed by atoms with Gasteiger partial charge in [0.2, 0.25) is 11.8 Å². The predicted octanol–water partition coefficient (Wildman–Crippen LogP) is 3.09. The van der Waals surface area contributed by atoms with Crippen LogP contribution in [0.3, 0.4) is 0 Å². The van der Waals surface area contributed by atoms with E-state index in [1.54, 1.807) is 48.5 Å². The van der Waals surface area contributed by atoms with Gasteiger partial charge < -0.3 is 9.64 Å². The molecule has 4 rings (SSSR count). The minimum absolute atomic E-state index is 0.0854. The SMILES string of the molecule is N#Cc1ccc(N2C(=O)CC(N(CC3CCCO3)C(=O)Cc3ccc(Cl)cc3)C2=O)cc1. The quantitative estimate of drug-likeness (QED) is 0.629. The van der Waals surface area contributed by atoms with Gasteiger partial charge in [-0.25, -0.2) is 4.90 Å². The van der Waals surface area contributed by atoms with Gasteiger partial charge in [0.15, 0.2) is 0 Å². The summed E-state index contributed by atoms with van der Waals surface area (Å²) in [7, 11) is 0. The zero-order valence-electron chi connectivity index (χ0n) is 17.4. The highest BCUT2D eigenvalue weighted by Crippen LogP contribution is 2.28. The molecule has 2 aliphatic heterocycles. The molecule has 2 saturated heterocycles. The summed E-state index contributed by atoms with van der Waals surface area (Å²) in [4.78, 5) is 41.9. The molecule has 0 radical (unpaired) electrons. The summed E-state index contributed by atoms with van der Waals surface area (Å²) < 4.78 is 5.71. The number of rotatable bonds is 6. The summed E-state index contributed by atoms with van der Waals surface area (Å²) in [6, 6.07) is 14.3. The minimum atomic E-state index is -0.887. The van der Waals surface area contributed by atoms with Crippen molar-refractivity contribution in [3.63, 3.8) is 0 Å². The summed E-state index contributed by atoms with van der Waals surface area (Å²) in [6.45, 7) is 0.885. The second kappa shape index (κ2) is 9.51. The largest absolute Gasteiger partial charge is 0.376 e. The maximum atomic E-state index is 13.3. The number of imide groups is 1. The number of nitrogens with zero attached hydrogens (tertiary/aromatic N) is 3. The predicted molar refractivity (Wildman–Crippen MR) is 118 cm³/mol. The van der Waals surface area contributed by atoms with E-state index in [1.807, 2.05) is 6.07 Å². The number of anilines is 1. The topological polar surface area (TPSA) is 90.7 Å². The lowest BCUT2D eigenvalue weighted by molar-refractivity contribution is -0.139. The van der Waals surface area contributed by atoms with Crippen molar-refractivity contribution < 1.29 is 19.1 Å². The van der Waals surface area contributed by atoms with Crippen molar-refractivity contribution in [3.05, 3.63) is 64.7 Å². The molecule has 2 aliphatic rings. The van der Waals surface area contributed by atoms with Crippen LogP contribution >= 0.6 is 11.6 Å². The lowest BCUT2D eigenvalue weighted by Gasteiger charge is -2.30. The van der Waals surface area contributed by atoms with Gasteiger partial charge in [-0.3, -0.25) is 14.4 Å². The number of ether oxygens (including phenoxy) is 1. The molecule has 0 spiro atoms. The monoisotopic (exact) mass is 451 g/mol. The average Bonchev–Trinajstić information content (AvgIpc) is 3.41. The van der Waals surface area contributed by atoms with Gasteiger partial charge in [-0.2, -0.15) is 5.26 Å². The van der Waals surface area contributed by atoms with Crippen molar-refractivity contribution in [1.29, 1.82) is 5.26 Å². The van der Waals surface area contributed by atoms with Crippen LogP contribution in [-0.4, -0.2) is 47.9 Å². The van der Waals surface area contributed by atoms with Crippen molar-refractivity contribution in [2.24, 2.45) is 0 Å². The Kier molecular flexibility index (Phi) is 6.54. The standard InChI is InChI=1S/C24H22ClN3O4/c25-18-7-3-16(4-8-18)12-22(29)27(15-20-2-1-11-32-20)21-13-23(30)28(24(21)31)19-9-5-17(14-26)6-10-19/h3-10,20-21H,1-2,11-13,15H2. The molecule has 2 atom stereocenters. The van der Waals surface area contributed by atoms with Gasteiger partial charge in [-0.1, -0.05) is 23.7 Å². The molecule has 7 nitrogen and oxygen atoms in total. The van der Waals surface area contributed by atoms with Crippen LogP contribution in [0, 0.1) is 11.3 Å². The van der Waals surface area contributed by atoms with Gasteiger partial charge in [0, 0.05) is 18.2 Å². The Balaban J connectivity index is 1.57. The van der Waals surface area contributed by atoms with Crippen molar-refractivity contribution >= 4 is 35.0 Å². The average molecular weight is 452 g/mol. The summed E-state index contributed by atoms with van der Waals surface area (Å²) in [5.74, 6) is -1.06. The van der Waals surface area contributed by atoms with E-state index in [-0.39, 0.29) is 37.3 Å². The molecule has 0 saturated carbocycles. The molecule has 2 unspecified atom stereocenters. The molecular weight excluding hydrogens is 430 g/mol. The van der Waals surface area contributed by atoms with Crippen molar-refractivity contribution in [2.75, 3.05) is 18.1 Å². The van der Waals surface area contributed by atoms with E-state index < -0.39 is 11.9 Å². The fourth-order valence-electron chi connectivity index (χ4n) is 4.10. The molecule has 3 amide bonds. The second-order valence-corrected chi connectivity index (χ2v) is 8.37. The number of benzene rings is 2. The van der Waals surface area contributed by atoms with Crippen LogP contribution in [0.4, 0.5) is 5.69 Å². The lowest BCUT2D eigenvalue weighted by Crippen LogP contribution is -2.49. The van der Waals surface area contributed by atoms with E-state index in [9.17, 15) is 14.4 Å². The summed E-state index contributed by atoms with van der Waals surface area (Å²) in [5, 5.41) is 9.56. The molecule has 8 heteroatoms. The van der Waals surface area contributed by atoms with Gasteiger partial charge >= 0.3 is 0 Å². The second-order valence-electron chi connectivity index (χ2n) is 7.93. The highest BCUT2D eigenvalue weighted by Gasteiger charge is 2.45. The molecule has 32 heavy (non-hydrogen) atoms. The van der Waals surface area contributed by atoms with Crippen LogP contribution in [0.2, 0.25) is 5.02 Å². The van der Waals surface area contributed by atoms with E-state index in [2.05, 4.69) is 0 Å². The minimum Gasteiger partial charge on any atom is -0.376 e. The lowest BCUT2D eigenvalue weighted by atomic mass is 10.1. The Labute approximate surface area is 191 Å². The number of hydrogen-bond donors (Lipinski definition) is 0. The fraction of sp³-hybridized carbons (Fsp3) is 0.333. The molecule has 2 aromatic carbocycles. The molecule has 0 aromatic heterocycles. The molecule has 0 aliphatic carbocycles. The Morgan fingerprint density at radius 2 is 1.88 bits per heavy atom. The fourth-order valence-corrected chi connectivity index (χ4v) is 4.23. The third kappa shape index (κ3) is 4.67. The van der Waals surface area contributed by atoms with Crippen molar-refractivity contribution in [1.82, 2.24) is 4.90 Å².